The highest BCUT2D eigenvalue weighted by Gasteiger charge is 1.90. The van der Waals surface area contributed by atoms with Gasteiger partial charge in [-0.1, -0.05) is 31.8 Å². The monoisotopic (exact) mass is 202 g/mol. The fourth-order valence-electron chi connectivity index (χ4n) is 1.24. The number of allylic oxidation sites excluding steroid dienone is 1. The molecule has 0 atom stereocenters. The summed E-state index contributed by atoms with van der Waals surface area (Å²) in [6.45, 7) is 3.71. The van der Waals surface area contributed by atoms with Crippen LogP contribution in [0.1, 0.15) is 38.5 Å². The highest BCUT2D eigenvalue weighted by molar-refractivity contribution is 6.34. The lowest BCUT2D eigenvalue weighted by atomic mass is 10.1. The quantitative estimate of drug-likeness (QED) is 0.311. The second-order valence-electron chi connectivity index (χ2n) is 3.19. The van der Waals surface area contributed by atoms with Gasteiger partial charge in [0.05, 0.1) is 0 Å². The van der Waals surface area contributed by atoms with E-state index < -0.39 is 0 Å². The average molecular weight is 202 g/mol. The maximum Gasteiger partial charge on any atom is 0.145 e. The van der Waals surface area contributed by atoms with Gasteiger partial charge < -0.3 is 4.12 Å². The molecule has 0 fully saturated rings. The minimum Gasteiger partial charge on any atom is -0.468 e. The number of hydrogen-bond acceptors (Lipinski definition) is 1. The molecule has 12 heavy (non-hydrogen) atoms. The minimum absolute atomic E-state index is 0.0766. The van der Waals surface area contributed by atoms with Crippen LogP contribution in [-0.4, -0.2) is 20.2 Å². The van der Waals surface area contributed by atoms with Crippen LogP contribution in [0.25, 0.3) is 0 Å². The van der Waals surface area contributed by atoms with Crippen molar-refractivity contribution in [2.75, 3.05) is 0 Å². The Morgan fingerprint density at radius 3 is 2.50 bits per heavy atom. The van der Waals surface area contributed by atoms with Crippen molar-refractivity contribution in [1.82, 2.24) is 0 Å². The standard InChI is InChI=1S/C9H22OSi2/c1-2-3-4-5-6-7-8-9-12-10-11/h2H,1,3-9,12H2,11H3. The summed E-state index contributed by atoms with van der Waals surface area (Å²) in [5.41, 5.74) is 0. The number of rotatable bonds is 9. The molecular formula is C9H22OSi2. The SMILES string of the molecule is C=CCCCCCCC[SiH2]O[SiH3]. The molecule has 0 aliphatic carbocycles. The van der Waals surface area contributed by atoms with Crippen molar-refractivity contribution in [3.8, 4) is 0 Å². The Labute approximate surface area is 82.1 Å². The summed E-state index contributed by atoms with van der Waals surface area (Å²) >= 11 is 0. The van der Waals surface area contributed by atoms with E-state index in [1.165, 1.54) is 44.6 Å². The lowest BCUT2D eigenvalue weighted by Crippen LogP contribution is -1.93. The lowest BCUT2D eigenvalue weighted by molar-refractivity contribution is 0.615. The van der Waals surface area contributed by atoms with Crippen LogP contribution in [0.15, 0.2) is 12.7 Å². The van der Waals surface area contributed by atoms with Gasteiger partial charge >= 0.3 is 0 Å². The summed E-state index contributed by atoms with van der Waals surface area (Å²) in [4.78, 5) is 0. The van der Waals surface area contributed by atoms with Crippen molar-refractivity contribution in [2.45, 2.75) is 44.6 Å². The number of hydrogen-bond donors (Lipinski definition) is 0. The zero-order chi connectivity index (χ0) is 9.07. The Kier molecular flexibility index (Phi) is 11.3. The summed E-state index contributed by atoms with van der Waals surface area (Å²) in [6.07, 6.45) is 10.1. The van der Waals surface area contributed by atoms with Crippen molar-refractivity contribution < 1.29 is 4.12 Å². The predicted octanol–water partition coefficient (Wildman–Crippen LogP) is 1.31. The lowest BCUT2D eigenvalue weighted by Gasteiger charge is -1.99. The Morgan fingerprint density at radius 2 is 1.83 bits per heavy atom. The number of unbranched alkanes of at least 4 members (excludes halogenated alkanes) is 5. The van der Waals surface area contributed by atoms with Gasteiger partial charge in [-0.3, -0.25) is 0 Å². The molecule has 0 aliphatic rings. The van der Waals surface area contributed by atoms with Gasteiger partial charge in [-0.25, -0.2) is 0 Å². The van der Waals surface area contributed by atoms with Crippen molar-refractivity contribution in [3.05, 3.63) is 12.7 Å². The van der Waals surface area contributed by atoms with Gasteiger partial charge in [0.25, 0.3) is 0 Å². The Bertz CT molecular complexity index is 96.5. The Hall–Kier alpha value is 0.134. The molecule has 0 rings (SSSR count). The summed E-state index contributed by atoms with van der Waals surface area (Å²) in [7, 11) is 0.884. The van der Waals surface area contributed by atoms with Crippen LogP contribution in [0.2, 0.25) is 6.04 Å². The van der Waals surface area contributed by atoms with Crippen LogP contribution < -0.4 is 0 Å². The summed E-state index contributed by atoms with van der Waals surface area (Å²) in [5.74, 6) is 0. The third-order valence-corrected chi connectivity index (χ3v) is 4.43. The van der Waals surface area contributed by atoms with Gasteiger partial charge in [0.2, 0.25) is 0 Å². The topological polar surface area (TPSA) is 9.23 Å². The summed E-state index contributed by atoms with van der Waals surface area (Å²) in [6, 6.07) is 1.39. The van der Waals surface area contributed by atoms with Crippen molar-refractivity contribution in [2.24, 2.45) is 0 Å². The molecule has 0 amide bonds. The van der Waals surface area contributed by atoms with Crippen LogP contribution in [0.3, 0.4) is 0 Å². The smallest absolute Gasteiger partial charge is 0.145 e. The molecule has 0 spiro atoms. The highest BCUT2D eigenvalue weighted by atomic mass is 28.3. The van der Waals surface area contributed by atoms with Gasteiger partial charge in [0.1, 0.15) is 20.2 Å². The van der Waals surface area contributed by atoms with E-state index in [1.807, 2.05) is 6.08 Å². The molecule has 0 heterocycles. The van der Waals surface area contributed by atoms with Crippen LogP contribution in [0.5, 0.6) is 0 Å². The first-order chi connectivity index (χ1) is 5.91. The van der Waals surface area contributed by atoms with Gasteiger partial charge in [-0.15, -0.1) is 6.58 Å². The van der Waals surface area contributed by atoms with Gasteiger partial charge in [-0.05, 0) is 18.9 Å². The highest BCUT2D eigenvalue weighted by Crippen LogP contribution is 2.07. The molecule has 0 aromatic heterocycles. The molecule has 1 nitrogen and oxygen atoms in total. The Balaban J connectivity index is 2.77. The van der Waals surface area contributed by atoms with Crippen molar-refractivity contribution in [1.29, 1.82) is 0 Å². The maximum atomic E-state index is 5.25. The summed E-state index contributed by atoms with van der Waals surface area (Å²) in [5, 5.41) is 0. The third-order valence-electron chi connectivity index (χ3n) is 2.01. The van der Waals surface area contributed by atoms with E-state index in [0.717, 1.165) is 10.5 Å². The molecule has 0 saturated carbocycles. The molecule has 0 aliphatic heterocycles. The molecular weight excluding hydrogens is 180 g/mol. The molecule has 0 bridgehead atoms. The molecule has 0 saturated heterocycles. The van der Waals surface area contributed by atoms with Crippen molar-refractivity contribution >= 4 is 20.2 Å². The van der Waals surface area contributed by atoms with Crippen LogP contribution in [-0.2, 0) is 4.12 Å². The first kappa shape index (κ1) is 12.1. The van der Waals surface area contributed by atoms with Crippen molar-refractivity contribution in [3.63, 3.8) is 0 Å². The Morgan fingerprint density at radius 1 is 1.17 bits per heavy atom. The fourth-order valence-corrected chi connectivity index (χ4v) is 2.95. The minimum atomic E-state index is -0.0766. The predicted molar refractivity (Wildman–Crippen MR) is 62.3 cm³/mol. The van der Waals surface area contributed by atoms with Crippen LogP contribution in [0.4, 0.5) is 0 Å². The van der Waals surface area contributed by atoms with E-state index >= 15 is 0 Å². The summed E-state index contributed by atoms with van der Waals surface area (Å²) < 4.78 is 5.25. The molecule has 0 aromatic rings. The van der Waals surface area contributed by atoms with Gasteiger partial charge in [0.15, 0.2) is 0 Å². The molecule has 0 aromatic carbocycles. The second kappa shape index (κ2) is 11.1. The molecule has 0 radical (unpaired) electrons. The van der Waals surface area contributed by atoms with Gasteiger partial charge in [0, 0.05) is 0 Å². The first-order valence-electron chi connectivity index (χ1n) is 5.01. The van der Waals surface area contributed by atoms with E-state index in [-0.39, 0.29) is 9.76 Å². The van der Waals surface area contributed by atoms with E-state index in [4.69, 9.17) is 4.12 Å². The van der Waals surface area contributed by atoms with Crippen LogP contribution >= 0.6 is 0 Å². The average Bonchev–Trinajstić information content (AvgIpc) is 2.10. The molecule has 3 heteroatoms. The zero-order valence-electron chi connectivity index (χ0n) is 8.35. The fraction of sp³-hybridized carbons (Fsp3) is 0.778. The normalized spacial score (nSPS) is 11.3. The molecule has 0 N–H and O–H groups in total. The van der Waals surface area contributed by atoms with E-state index in [2.05, 4.69) is 6.58 Å². The van der Waals surface area contributed by atoms with E-state index in [9.17, 15) is 0 Å². The zero-order valence-corrected chi connectivity index (χ0v) is 11.8. The van der Waals surface area contributed by atoms with Gasteiger partial charge in [-0.2, -0.15) is 0 Å². The van der Waals surface area contributed by atoms with E-state index in [1.54, 1.807) is 0 Å². The maximum absolute atomic E-state index is 5.25. The van der Waals surface area contributed by atoms with Crippen LogP contribution in [0, 0.1) is 0 Å². The second-order valence-corrected chi connectivity index (χ2v) is 6.62. The largest absolute Gasteiger partial charge is 0.468 e. The molecule has 0 unspecified atom stereocenters. The van der Waals surface area contributed by atoms with E-state index in [0.29, 0.717) is 0 Å². The third kappa shape index (κ3) is 10.1. The molecule has 72 valence electrons. The first-order valence-corrected chi connectivity index (χ1v) is 7.41.